The molecule has 0 aromatic heterocycles. The van der Waals surface area contributed by atoms with Crippen LogP contribution in [0.1, 0.15) is 18.9 Å². The highest BCUT2D eigenvalue weighted by molar-refractivity contribution is 6.01. The molecule has 2 N–H and O–H groups in total. The van der Waals surface area contributed by atoms with Crippen LogP contribution < -0.4 is 15.0 Å². The highest BCUT2D eigenvalue weighted by Crippen LogP contribution is 2.26. The number of rotatable bonds is 6. The molecule has 0 radical (unpaired) electrons. The highest BCUT2D eigenvalue weighted by atomic mass is 16.5. The summed E-state index contributed by atoms with van der Waals surface area (Å²) in [4.78, 5) is 14.4. The molecule has 1 aliphatic rings. The van der Waals surface area contributed by atoms with Gasteiger partial charge < -0.3 is 20.1 Å². The van der Waals surface area contributed by atoms with Crippen LogP contribution >= 0.6 is 0 Å². The third-order valence-corrected chi connectivity index (χ3v) is 4.14. The van der Waals surface area contributed by atoms with Gasteiger partial charge in [0.05, 0.1) is 13.2 Å². The lowest BCUT2D eigenvalue weighted by molar-refractivity contribution is -0.117. The maximum absolute atomic E-state index is 12.6. The van der Waals surface area contributed by atoms with Crippen LogP contribution in [0, 0.1) is 0 Å². The summed E-state index contributed by atoms with van der Waals surface area (Å²) in [5, 5.41) is 12.8. The second-order valence-electron chi connectivity index (χ2n) is 5.72. The van der Waals surface area contributed by atoms with E-state index >= 15 is 0 Å². The van der Waals surface area contributed by atoms with Gasteiger partial charge in [-0.05, 0) is 43.7 Å². The molecule has 24 heavy (non-hydrogen) atoms. The summed E-state index contributed by atoms with van der Waals surface area (Å²) < 4.78 is 5.49. The van der Waals surface area contributed by atoms with E-state index in [0.717, 1.165) is 17.8 Å². The number of nitrogens with one attached hydrogen (secondary N) is 1. The number of aliphatic hydroxyl groups excluding tert-OH is 1. The van der Waals surface area contributed by atoms with Crippen molar-refractivity contribution in [2.24, 2.45) is 0 Å². The Hall–Kier alpha value is -2.53. The lowest BCUT2D eigenvalue weighted by Crippen LogP contribution is -2.33. The van der Waals surface area contributed by atoms with E-state index < -0.39 is 0 Å². The van der Waals surface area contributed by atoms with Gasteiger partial charge in [-0.3, -0.25) is 4.79 Å². The Morgan fingerprint density at radius 1 is 1.25 bits per heavy atom. The lowest BCUT2D eigenvalue weighted by atomic mass is 10.1. The zero-order valence-electron chi connectivity index (χ0n) is 13.7. The summed E-state index contributed by atoms with van der Waals surface area (Å²) in [5.41, 5.74) is 2.46. The van der Waals surface area contributed by atoms with E-state index in [2.05, 4.69) is 5.32 Å². The number of para-hydroxylation sites is 1. The minimum absolute atomic E-state index is 0.0700. The van der Waals surface area contributed by atoms with Crippen LogP contribution in [0.4, 0.5) is 11.4 Å². The summed E-state index contributed by atoms with van der Waals surface area (Å²) in [6, 6.07) is 15.0. The van der Waals surface area contributed by atoms with Crippen molar-refractivity contribution in [3.05, 3.63) is 54.1 Å². The number of carbonyl (C=O) groups excluding carboxylic acids is 1. The number of anilines is 2. The Bertz CT molecular complexity index is 703. The molecule has 5 nitrogen and oxygen atoms in total. The van der Waals surface area contributed by atoms with Crippen molar-refractivity contribution < 1.29 is 14.6 Å². The third-order valence-electron chi connectivity index (χ3n) is 4.14. The Morgan fingerprint density at radius 2 is 2.04 bits per heavy atom. The van der Waals surface area contributed by atoms with Gasteiger partial charge in [-0.25, -0.2) is 0 Å². The van der Waals surface area contributed by atoms with Crippen molar-refractivity contribution in [2.75, 3.05) is 23.4 Å². The second-order valence-corrected chi connectivity index (χ2v) is 5.72. The lowest BCUT2D eigenvalue weighted by Gasteiger charge is -2.18. The van der Waals surface area contributed by atoms with Gasteiger partial charge in [0.25, 0.3) is 0 Å². The van der Waals surface area contributed by atoms with E-state index in [1.165, 1.54) is 0 Å². The monoisotopic (exact) mass is 326 g/mol. The van der Waals surface area contributed by atoms with Crippen molar-refractivity contribution in [2.45, 2.75) is 26.0 Å². The van der Waals surface area contributed by atoms with Gasteiger partial charge in [0, 0.05) is 23.5 Å². The smallest absolute Gasteiger partial charge is 0.249 e. The largest absolute Gasteiger partial charge is 0.494 e. The molecule has 1 unspecified atom stereocenters. The van der Waals surface area contributed by atoms with Gasteiger partial charge in [0.2, 0.25) is 5.91 Å². The number of amides is 1. The fourth-order valence-electron chi connectivity index (χ4n) is 2.97. The number of carbonyl (C=O) groups is 1. The molecule has 0 saturated carbocycles. The average Bonchev–Trinajstić information content (AvgIpc) is 2.98. The van der Waals surface area contributed by atoms with Crippen LogP contribution in [0.15, 0.2) is 48.5 Å². The molecule has 0 bridgehead atoms. The molecule has 2 aromatic carbocycles. The molecule has 1 amide bonds. The van der Waals surface area contributed by atoms with Gasteiger partial charge in [-0.1, -0.05) is 18.2 Å². The molecule has 1 saturated heterocycles. The molecular formula is C19H22N2O3. The first-order chi connectivity index (χ1) is 11.7. The summed E-state index contributed by atoms with van der Waals surface area (Å²) in [7, 11) is 0. The third kappa shape index (κ3) is 3.36. The molecular weight excluding hydrogens is 304 g/mol. The second kappa shape index (κ2) is 7.36. The number of benzene rings is 2. The van der Waals surface area contributed by atoms with Crippen molar-refractivity contribution in [3.8, 4) is 5.75 Å². The van der Waals surface area contributed by atoms with E-state index in [4.69, 9.17) is 4.74 Å². The van der Waals surface area contributed by atoms with E-state index in [1.807, 2.05) is 55.5 Å². The Balaban J connectivity index is 1.72. The molecule has 1 atom stereocenters. The van der Waals surface area contributed by atoms with Crippen LogP contribution in [-0.2, 0) is 11.4 Å². The number of aliphatic hydroxyl groups is 1. The van der Waals surface area contributed by atoms with Crippen molar-refractivity contribution in [1.82, 2.24) is 0 Å². The first-order valence-corrected chi connectivity index (χ1v) is 8.22. The maximum atomic E-state index is 12.6. The van der Waals surface area contributed by atoms with Crippen LogP contribution in [0.5, 0.6) is 5.75 Å². The molecule has 1 aliphatic heterocycles. The number of hydrogen-bond acceptors (Lipinski definition) is 4. The zero-order valence-corrected chi connectivity index (χ0v) is 13.7. The highest BCUT2D eigenvalue weighted by Gasteiger charge is 2.32. The van der Waals surface area contributed by atoms with Gasteiger partial charge in [0.15, 0.2) is 0 Å². The SMILES string of the molecule is CCOc1ccc(NC2CCN(c3ccccc3)C2=O)cc1CO. The molecule has 1 fully saturated rings. The molecule has 0 spiro atoms. The summed E-state index contributed by atoms with van der Waals surface area (Å²) in [6.45, 7) is 3.06. The maximum Gasteiger partial charge on any atom is 0.249 e. The van der Waals surface area contributed by atoms with Crippen molar-refractivity contribution in [1.29, 1.82) is 0 Å². The fraction of sp³-hybridized carbons (Fsp3) is 0.316. The number of nitrogens with zero attached hydrogens (tertiary/aromatic N) is 1. The Kier molecular flexibility index (Phi) is 5.01. The summed E-state index contributed by atoms with van der Waals surface area (Å²) >= 11 is 0. The summed E-state index contributed by atoms with van der Waals surface area (Å²) in [5.74, 6) is 0.745. The predicted octanol–water partition coefficient (Wildman–Crippen LogP) is 2.80. The molecule has 126 valence electrons. The van der Waals surface area contributed by atoms with Crippen LogP contribution in [0.2, 0.25) is 0 Å². The molecule has 0 aliphatic carbocycles. The van der Waals surface area contributed by atoms with E-state index in [0.29, 0.717) is 24.5 Å². The predicted molar refractivity (Wildman–Crippen MR) is 94.4 cm³/mol. The van der Waals surface area contributed by atoms with E-state index in [9.17, 15) is 9.90 Å². The van der Waals surface area contributed by atoms with Crippen LogP contribution in [0.3, 0.4) is 0 Å². The van der Waals surface area contributed by atoms with Crippen molar-refractivity contribution >= 4 is 17.3 Å². The van der Waals surface area contributed by atoms with Crippen LogP contribution in [-0.4, -0.2) is 30.2 Å². The number of hydrogen-bond donors (Lipinski definition) is 2. The quantitative estimate of drug-likeness (QED) is 0.857. The normalized spacial score (nSPS) is 17.2. The number of ether oxygens (including phenoxy) is 1. The molecule has 3 rings (SSSR count). The minimum atomic E-state index is -0.255. The van der Waals surface area contributed by atoms with E-state index in [1.54, 1.807) is 4.90 Å². The van der Waals surface area contributed by atoms with Crippen molar-refractivity contribution in [3.63, 3.8) is 0 Å². The topological polar surface area (TPSA) is 61.8 Å². The Morgan fingerprint density at radius 3 is 2.75 bits per heavy atom. The van der Waals surface area contributed by atoms with Gasteiger partial charge in [0.1, 0.15) is 11.8 Å². The molecule has 1 heterocycles. The van der Waals surface area contributed by atoms with Gasteiger partial charge >= 0.3 is 0 Å². The fourth-order valence-corrected chi connectivity index (χ4v) is 2.97. The first-order valence-electron chi connectivity index (χ1n) is 8.22. The van der Waals surface area contributed by atoms with E-state index in [-0.39, 0.29) is 18.6 Å². The van der Waals surface area contributed by atoms with Gasteiger partial charge in [-0.2, -0.15) is 0 Å². The molecule has 5 heteroatoms. The first kappa shape index (κ1) is 16.3. The van der Waals surface area contributed by atoms with Gasteiger partial charge in [-0.15, -0.1) is 0 Å². The van der Waals surface area contributed by atoms with Crippen LogP contribution in [0.25, 0.3) is 0 Å². The average molecular weight is 326 g/mol. The zero-order chi connectivity index (χ0) is 16.9. The standard InChI is InChI=1S/C19H22N2O3/c1-2-24-18-9-8-15(12-14(18)13-22)20-17-10-11-21(19(17)23)16-6-4-3-5-7-16/h3-9,12,17,20,22H,2,10-11,13H2,1H3. The molecule has 2 aromatic rings. The minimum Gasteiger partial charge on any atom is -0.494 e. The Labute approximate surface area is 141 Å². The summed E-state index contributed by atoms with van der Waals surface area (Å²) in [6.07, 6.45) is 0.745.